The minimum Gasteiger partial charge on any atom is -0.364 e. The highest BCUT2D eigenvalue weighted by Gasteiger charge is 2.10. The number of aromatic nitrogens is 1. The lowest BCUT2D eigenvalue weighted by molar-refractivity contribution is 0.391. The smallest absolute Gasteiger partial charge is 0.194 e. The fourth-order valence-corrected chi connectivity index (χ4v) is 2.75. The third-order valence-corrected chi connectivity index (χ3v) is 4.01. The number of hydrogen-bond donors (Lipinski definition) is 1. The van der Waals surface area contributed by atoms with Crippen LogP contribution in [0.25, 0.3) is 0 Å². The third kappa shape index (κ3) is 5.22. The Hall–Kier alpha value is -2.03. The lowest BCUT2D eigenvalue weighted by atomic mass is 10.2. The molecule has 0 radical (unpaired) electrons. The van der Waals surface area contributed by atoms with Crippen LogP contribution in [0.5, 0.6) is 0 Å². The van der Waals surface area contributed by atoms with Gasteiger partial charge in [-0.25, -0.2) is 0 Å². The molecule has 1 aliphatic rings. The lowest BCUT2D eigenvalue weighted by Gasteiger charge is -2.22. The Labute approximate surface area is 165 Å². The van der Waals surface area contributed by atoms with Crippen molar-refractivity contribution in [1.29, 1.82) is 0 Å². The summed E-state index contributed by atoms with van der Waals surface area (Å²) in [6, 6.07) is 10.5. The van der Waals surface area contributed by atoms with Crippen molar-refractivity contribution in [2.45, 2.75) is 13.1 Å². The van der Waals surface area contributed by atoms with Gasteiger partial charge in [-0.3, -0.25) is 4.99 Å². The highest BCUT2D eigenvalue weighted by Crippen LogP contribution is 2.18. The van der Waals surface area contributed by atoms with Gasteiger partial charge in [0.1, 0.15) is 12.0 Å². The molecule has 2 aromatic rings. The van der Waals surface area contributed by atoms with Crippen molar-refractivity contribution in [2.24, 2.45) is 4.99 Å². The van der Waals surface area contributed by atoms with Crippen molar-refractivity contribution in [3.8, 4) is 0 Å². The summed E-state index contributed by atoms with van der Waals surface area (Å²) in [6.45, 7) is 3.35. The molecule has 0 saturated heterocycles. The fourth-order valence-electron chi connectivity index (χ4n) is 2.75. The van der Waals surface area contributed by atoms with E-state index in [1.54, 1.807) is 13.3 Å². The van der Waals surface area contributed by atoms with Gasteiger partial charge < -0.3 is 19.6 Å². The number of benzene rings is 1. The normalized spacial score (nSPS) is 13.7. The van der Waals surface area contributed by atoms with Gasteiger partial charge in [0.15, 0.2) is 5.96 Å². The Morgan fingerprint density at radius 3 is 2.80 bits per heavy atom. The minimum absolute atomic E-state index is 0. The first-order valence-electron chi connectivity index (χ1n) is 8.06. The molecule has 0 unspecified atom stereocenters. The van der Waals surface area contributed by atoms with E-state index >= 15 is 0 Å². The summed E-state index contributed by atoms with van der Waals surface area (Å²) in [5, 5.41) is 7.34. The summed E-state index contributed by atoms with van der Waals surface area (Å²) in [4.78, 5) is 8.70. The molecule has 7 heteroatoms. The van der Waals surface area contributed by atoms with Crippen molar-refractivity contribution in [3.05, 3.63) is 60.0 Å². The quantitative estimate of drug-likeness (QED) is 0.327. The van der Waals surface area contributed by atoms with Crippen molar-refractivity contribution < 1.29 is 4.52 Å². The second-order valence-electron chi connectivity index (χ2n) is 5.79. The van der Waals surface area contributed by atoms with Crippen LogP contribution in [-0.2, 0) is 13.1 Å². The molecule has 1 aromatic heterocycles. The largest absolute Gasteiger partial charge is 0.364 e. The average Bonchev–Trinajstić information content (AvgIpc) is 3.29. The molecule has 6 nitrogen and oxygen atoms in total. The van der Waals surface area contributed by atoms with Crippen LogP contribution >= 0.6 is 24.0 Å². The lowest BCUT2D eigenvalue weighted by Crippen LogP contribution is -2.38. The van der Waals surface area contributed by atoms with E-state index in [0.29, 0.717) is 6.54 Å². The monoisotopic (exact) mass is 453 g/mol. The van der Waals surface area contributed by atoms with Crippen LogP contribution in [0.3, 0.4) is 0 Å². The summed E-state index contributed by atoms with van der Waals surface area (Å²) in [6.07, 6.45) is 5.98. The van der Waals surface area contributed by atoms with Gasteiger partial charge in [0.2, 0.25) is 0 Å². The van der Waals surface area contributed by atoms with Crippen molar-refractivity contribution in [2.75, 3.05) is 32.1 Å². The topological polar surface area (TPSA) is 56.9 Å². The summed E-state index contributed by atoms with van der Waals surface area (Å²) in [5.74, 6) is 0.825. The molecule has 0 spiro atoms. The number of aliphatic imine (C=N–C) groups is 1. The Kier molecular flexibility index (Phi) is 7.30. The number of halogens is 1. The van der Waals surface area contributed by atoms with E-state index in [1.165, 1.54) is 11.3 Å². The summed E-state index contributed by atoms with van der Waals surface area (Å²) in [7, 11) is 3.77. The highest BCUT2D eigenvalue weighted by atomic mass is 127. The van der Waals surface area contributed by atoms with E-state index < -0.39 is 0 Å². The molecule has 1 aliphatic heterocycles. The van der Waals surface area contributed by atoms with Crippen LogP contribution < -0.4 is 10.2 Å². The maximum Gasteiger partial charge on any atom is 0.194 e. The van der Waals surface area contributed by atoms with Gasteiger partial charge in [0.05, 0.1) is 6.54 Å². The van der Waals surface area contributed by atoms with Crippen molar-refractivity contribution >= 4 is 35.6 Å². The zero-order valence-electron chi connectivity index (χ0n) is 14.6. The van der Waals surface area contributed by atoms with Gasteiger partial charge in [-0.15, -0.1) is 24.0 Å². The fraction of sp³-hybridized carbons (Fsp3) is 0.333. The first-order valence-corrected chi connectivity index (χ1v) is 8.06. The standard InChI is InChI=1S/C18H23N5O.HI/c1-19-18(22(2)14-16-8-11-24-21-16)20-13-15-6-5-7-17(12-15)23-9-3-4-10-23;/h3-8,11-12H,9-10,13-14H2,1-2H3,(H,19,20);1H. The maximum absolute atomic E-state index is 4.87. The van der Waals surface area contributed by atoms with E-state index in [9.17, 15) is 0 Å². The minimum atomic E-state index is 0. The van der Waals surface area contributed by atoms with E-state index in [-0.39, 0.29) is 24.0 Å². The van der Waals surface area contributed by atoms with Gasteiger partial charge in [-0.1, -0.05) is 29.4 Å². The van der Waals surface area contributed by atoms with E-state index in [1.807, 2.05) is 18.0 Å². The number of rotatable bonds is 5. The predicted octanol–water partition coefficient (Wildman–Crippen LogP) is 2.88. The molecule has 0 atom stereocenters. The highest BCUT2D eigenvalue weighted by molar-refractivity contribution is 14.0. The molecule has 1 N–H and O–H groups in total. The van der Waals surface area contributed by atoms with Crippen molar-refractivity contribution in [1.82, 2.24) is 15.4 Å². The van der Waals surface area contributed by atoms with Crippen LogP contribution in [0.4, 0.5) is 5.69 Å². The van der Waals surface area contributed by atoms with Gasteiger partial charge in [-0.2, -0.15) is 0 Å². The Balaban J connectivity index is 0.00000225. The molecule has 134 valence electrons. The molecule has 0 saturated carbocycles. The SMILES string of the molecule is CN=C(NCc1cccc(N2CC=CC2)c1)N(C)Cc1ccon1.I. The van der Waals surface area contributed by atoms with Gasteiger partial charge in [0, 0.05) is 45.5 Å². The van der Waals surface area contributed by atoms with Gasteiger partial charge in [0.25, 0.3) is 0 Å². The molecular formula is C18H24IN5O. The number of guanidine groups is 1. The first kappa shape index (κ1) is 19.3. The second kappa shape index (κ2) is 9.45. The zero-order valence-corrected chi connectivity index (χ0v) is 16.9. The third-order valence-electron chi connectivity index (χ3n) is 4.01. The van der Waals surface area contributed by atoms with E-state index in [2.05, 4.69) is 56.8 Å². The van der Waals surface area contributed by atoms with Gasteiger partial charge >= 0.3 is 0 Å². The van der Waals surface area contributed by atoms with E-state index in [0.717, 1.165) is 31.3 Å². The predicted molar refractivity (Wildman–Crippen MR) is 111 cm³/mol. The van der Waals surface area contributed by atoms with Gasteiger partial charge in [-0.05, 0) is 17.7 Å². The molecule has 0 fully saturated rings. The summed E-state index contributed by atoms with van der Waals surface area (Å²) >= 11 is 0. The molecule has 3 rings (SSSR count). The Bertz CT molecular complexity index is 706. The number of nitrogens with zero attached hydrogens (tertiary/aromatic N) is 4. The Morgan fingerprint density at radius 2 is 2.12 bits per heavy atom. The van der Waals surface area contributed by atoms with Crippen LogP contribution in [0.2, 0.25) is 0 Å². The molecule has 0 bridgehead atoms. The first-order chi connectivity index (χ1) is 11.8. The molecule has 25 heavy (non-hydrogen) atoms. The average molecular weight is 453 g/mol. The Morgan fingerprint density at radius 1 is 1.32 bits per heavy atom. The van der Waals surface area contributed by atoms with Crippen molar-refractivity contribution in [3.63, 3.8) is 0 Å². The summed E-state index contributed by atoms with van der Waals surface area (Å²) in [5.41, 5.74) is 3.37. The number of nitrogens with one attached hydrogen (secondary N) is 1. The molecule has 0 amide bonds. The second-order valence-corrected chi connectivity index (χ2v) is 5.79. The van der Waals surface area contributed by atoms with Crippen LogP contribution in [-0.4, -0.2) is 43.2 Å². The number of hydrogen-bond acceptors (Lipinski definition) is 4. The maximum atomic E-state index is 4.87. The summed E-state index contributed by atoms with van der Waals surface area (Å²) < 4.78 is 4.87. The molecule has 2 heterocycles. The van der Waals surface area contributed by atoms with E-state index in [4.69, 9.17) is 4.52 Å². The molecule has 1 aromatic carbocycles. The van der Waals surface area contributed by atoms with Crippen LogP contribution in [0.1, 0.15) is 11.3 Å². The molecular weight excluding hydrogens is 429 g/mol. The van der Waals surface area contributed by atoms with Crippen LogP contribution in [0, 0.1) is 0 Å². The van der Waals surface area contributed by atoms with Crippen LogP contribution in [0.15, 0.2) is 58.3 Å². The molecule has 0 aliphatic carbocycles. The number of anilines is 1. The zero-order chi connectivity index (χ0) is 16.8.